The molecule has 0 aromatic heterocycles. The van der Waals surface area contributed by atoms with Crippen LogP contribution in [0.1, 0.15) is 25.0 Å². The van der Waals surface area contributed by atoms with Gasteiger partial charge in [-0.2, -0.15) is 0 Å². The molecular formula is C47H32BNO2. The summed E-state index contributed by atoms with van der Waals surface area (Å²) in [5.41, 5.74) is 11.8. The Morgan fingerprint density at radius 3 is 2.02 bits per heavy atom. The molecule has 0 saturated carbocycles. The van der Waals surface area contributed by atoms with Crippen LogP contribution in [0.3, 0.4) is 0 Å². The van der Waals surface area contributed by atoms with Gasteiger partial charge in [0.2, 0.25) is 0 Å². The van der Waals surface area contributed by atoms with E-state index < -0.39 is 0 Å². The average molecular weight is 654 g/mol. The van der Waals surface area contributed by atoms with Crippen LogP contribution in [-0.2, 0) is 5.41 Å². The highest BCUT2D eigenvalue weighted by molar-refractivity contribution is 6.98. The third-order valence-corrected chi connectivity index (χ3v) is 11.3. The Bertz CT molecular complexity index is 2750. The summed E-state index contributed by atoms with van der Waals surface area (Å²) < 4.78 is 13.2. The molecular weight excluding hydrogens is 621 g/mol. The quantitative estimate of drug-likeness (QED) is 0.177. The Balaban J connectivity index is 1.16. The van der Waals surface area contributed by atoms with E-state index in [9.17, 15) is 0 Å². The monoisotopic (exact) mass is 653 g/mol. The van der Waals surface area contributed by atoms with Gasteiger partial charge >= 0.3 is 0 Å². The number of para-hydroxylation sites is 2. The minimum absolute atomic E-state index is 0.0310. The first-order valence-electron chi connectivity index (χ1n) is 17.7. The highest BCUT2D eigenvalue weighted by Crippen LogP contribution is 2.55. The molecule has 0 N–H and O–H groups in total. The molecule has 0 radical (unpaired) electrons. The molecule has 3 nitrogen and oxygen atoms in total. The molecule has 8 aromatic carbocycles. The van der Waals surface area contributed by atoms with Crippen molar-refractivity contribution in [3.05, 3.63) is 169 Å². The molecule has 0 saturated heterocycles. The number of fused-ring (bicyclic) bond motifs is 10. The van der Waals surface area contributed by atoms with Gasteiger partial charge in [-0.25, -0.2) is 0 Å². The van der Waals surface area contributed by atoms with E-state index in [0.717, 1.165) is 39.8 Å². The number of rotatable bonds is 3. The van der Waals surface area contributed by atoms with Gasteiger partial charge in [0.25, 0.3) is 6.71 Å². The highest BCUT2D eigenvalue weighted by atomic mass is 16.5. The molecule has 3 aliphatic rings. The number of benzene rings is 8. The molecule has 2 aliphatic heterocycles. The fourth-order valence-corrected chi connectivity index (χ4v) is 8.94. The Labute approximate surface area is 297 Å². The van der Waals surface area contributed by atoms with Crippen LogP contribution in [0, 0.1) is 0 Å². The van der Waals surface area contributed by atoms with E-state index in [0.29, 0.717) is 0 Å². The molecule has 0 bridgehead atoms. The maximum atomic E-state index is 6.78. The van der Waals surface area contributed by atoms with Crippen LogP contribution in [0.5, 0.6) is 23.0 Å². The van der Waals surface area contributed by atoms with Crippen LogP contribution < -0.4 is 30.8 Å². The largest absolute Gasteiger partial charge is 0.458 e. The number of hydrogen-bond donors (Lipinski definition) is 0. The molecule has 2 heterocycles. The SMILES string of the molecule is CC1(C)c2cc3c(cc2-c2c1cc(N(c1ccccc1)c1ccc4ccccc4c1)c1ccccc21)Oc1cccc2c1B3c1ccccc1O2. The smallest absolute Gasteiger partial charge is 0.260 e. The van der Waals surface area contributed by atoms with Crippen molar-refractivity contribution >= 4 is 61.7 Å². The van der Waals surface area contributed by atoms with E-state index in [1.165, 1.54) is 60.4 Å². The van der Waals surface area contributed by atoms with E-state index >= 15 is 0 Å². The molecule has 0 amide bonds. The Morgan fingerprint density at radius 1 is 0.490 bits per heavy atom. The fraction of sp³-hybridized carbons (Fsp3) is 0.0638. The fourth-order valence-electron chi connectivity index (χ4n) is 8.94. The molecule has 1 aliphatic carbocycles. The number of ether oxygens (including phenoxy) is 2. The van der Waals surface area contributed by atoms with E-state index in [-0.39, 0.29) is 12.1 Å². The number of hydrogen-bond acceptors (Lipinski definition) is 3. The average Bonchev–Trinajstić information content (AvgIpc) is 3.39. The van der Waals surface area contributed by atoms with Crippen molar-refractivity contribution < 1.29 is 9.47 Å². The Kier molecular flexibility index (Phi) is 5.82. The third kappa shape index (κ3) is 4.02. The summed E-state index contributed by atoms with van der Waals surface area (Å²) in [5, 5.41) is 4.91. The molecule has 0 unspecified atom stereocenters. The van der Waals surface area contributed by atoms with E-state index in [2.05, 4.69) is 170 Å². The first-order chi connectivity index (χ1) is 25.0. The van der Waals surface area contributed by atoms with Gasteiger partial charge < -0.3 is 14.4 Å². The van der Waals surface area contributed by atoms with Gasteiger partial charge in [0.05, 0.1) is 5.69 Å². The zero-order valence-corrected chi connectivity index (χ0v) is 28.4. The minimum Gasteiger partial charge on any atom is -0.458 e. The minimum atomic E-state index is -0.269. The van der Waals surface area contributed by atoms with Gasteiger partial charge in [0, 0.05) is 27.6 Å². The second-order valence-corrected chi connectivity index (χ2v) is 14.5. The van der Waals surface area contributed by atoms with Crippen LogP contribution in [-0.4, -0.2) is 6.71 Å². The standard InChI is InChI=1S/C47H32BNO2/c1-47(2)36-27-39-44(51-43-22-12-21-42-46(43)48(39)38-19-10-11-20-41(38)50-42)26-35(36)45-34-18-9-8-17-33(34)40(28-37(45)47)49(31-15-4-3-5-16-31)32-24-23-29-13-6-7-14-30(29)25-32/h3-28H,1-2H3. The highest BCUT2D eigenvalue weighted by Gasteiger charge is 2.44. The summed E-state index contributed by atoms with van der Waals surface area (Å²) in [4.78, 5) is 2.43. The lowest BCUT2D eigenvalue weighted by atomic mass is 9.34. The molecule has 0 atom stereocenters. The van der Waals surface area contributed by atoms with Crippen molar-refractivity contribution in [1.82, 2.24) is 0 Å². The molecule has 51 heavy (non-hydrogen) atoms. The van der Waals surface area contributed by atoms with Crippen molar-refractivity contribution in [3.8, 4) is 34.1 Å². The predicted octanol–water partition coefficient (Wildman–Crippen LogP) is 10.5. The van der Waals surface area contributed by atoms with Gasteiger partial charge in [-0.1, -0.05) is 117 Å². The maximum Gasteiger partial charge on any atom is 0.260 e. The lowest BCUT2D eigenvalue weighted by Crippen LogP contribution is -2.57. The van der Waals surface area contributed by atoms with Crippen LogP contribution in [0.2, 0.25) is 0 Å². The Morgan fingerprint density at radius 2 is 1.18 bits per heavy atom. The summed E-state index contributed by atoms with van der Waals surface area (Å²) in [5.74, 6) is 3.56. The Hall–Kier alpha value is -6.26. The zero-order valence-electron chi connectivity index (χ0n) is 28.4. The van der Waals surface area contributed by atoms with Crippen LogP contribution in [0.25, 0.3) is 32.7 Å². The third-order valence-electron chi connectivity index (χ3n) is 11.3. The van der Waals surface area contributed by atoms with E-state index in [1.54, 1.807) is 0 Å². The van der Waals surface area contributed by atoms with E-state index in [4.69, 9.17) is 9.47 Å². The predicted molar refractivity (Wildman–Crippen MR) is 211 cm³/mol. The second-order valence-electron chi connectivity index (χ2n) is 14.5. The van der Waals surface area contributed by atoms with Crippen molar-refractivity contribution in [2.24, 2.45) is 0 Å². The van der Waals surface area contributed by atoms with Gasteiger partial charge in [0.1, 0.15) is 23.0 Å². The lowest BCUT2D eigenvalue weighted by Gasteiger charge is -2.33. The first kappa shape index (κ1) is 28.6. The molecule has 0 spiro atoms. The van der Waals surface area contributed by atoms with Crippen LogP contribution in [0.15, 0.2) is 158 Å². The topological polar surface area (TPSA) is 21.7 Å². The van der Waals surface area contributed by atoms with Gasteiger partial charge in [-0.05, 0) is 104 Å². The van der Waals surface area contributed by atoms with Crippen molar-refractivity contribution in [1.29, 1.82) is 0 Å². The van der Waals surface area contributed by atoms with Gasteiger partial charge in [-0.3, -0.25) is 0 Å². The van der Waals surface area contributed by atoms with Crippen LogP contribution >= 0.6 is 0 Å². The summed E-state index contributed by atoms with van der Waals surface area (Å²) in [6.45, 7) is 4.79. The summed E-state index contributed by atoms with van der Waals surface area (Å²) in [7, 11) is 0. The molecule has 4 heteroatoms. The first-order valence-corrected chi connectivity index (χ1v) is 17.7. The summed E-state index contributed by atoms with van der Waals surface area (Å²) in [6, 6.07) is 56.9. The van der Waals surface area contributed by atoms with Crippen molar-refractivity contribution in [2.45, 2.75) is 19.3 Å². The van der Waals surface area contributed by atoms with Gasteiger partial charge in [0.15, 0.2) is 0 Å². The molecule has 0 fully saturated rings. The molecule has 11 rings (SSSR count). The molecule has 240 valence electrons. The van der Waals surface area contributed by atoms with Crippen LogP contribution in [0.4, 0.5) is 17.1 Å². The summed E-state index contributed by atoms with van der Waals surface area (Å²) in [6.07, 6.45) is 0. The zero-order chi connectivity index (χ0) is 33.8. The van der Waals surface area contributed by atoms with E-state index in [1.807, 2.05) is 6.07 Å². The van der Waals surface area contributed by atoms with Gasteiger partial charge in [-0.15, -0.1) is 0 Å². The molecule has 8 aromatic rings. The lowest BCUT2D eigenvalue weighted by molar-refractivity contribution is 0.464. The second kappa shape index (κ2) is 10.4. The normalized spacial score (nSPS) is 14.1. The number of nitrogens with zero attached hydrogens (tertiary/aromatic N) is 1. The number of anilines is 3. The van der Waals surface area contributed by atoms with Crippen molar-refractivity contribution in [3.63, 3.8) is 0 Å². The summed E-state index contributed by atoms with van der Waals surface area (Å²) >= 11 is 0. The maximum absolute atomic E-state index is 6.78. The van der Waals surface area contributed by atoms with Crippen molar-refractivity contribution in [2.75, 3.05) is 4.90 Å².